The monoisotopic (exact) mass is 242 g/mol. The first-order chi connectivity index (χ1) is 8.53. The first kappa shape index (κ1) is 11.4. The lowest BCUT2D eigenvalue weighted by molar-refractivity contribution is 0.0566. The third kappa shape index (κ3) is 2.03. The molecule has 0 unspecified atom stereocenters. The molecule has 0 saturated carbocycles. The molecule has 0 radical (unpaired) electrons. The average Bonchev–Trinajstić information content (AvgIpc) is 2.70. The van der Waals surface area contributed by atoms with Crippen LogP contribution in [-0.4, -0.2) is 5.60 Å². The highest BCUT2D eigenvalue weighted by molar-refractivity contribution is 5.81. The summed E-state index contributed by atoms with van der Waals surface area (Å²) >= 11 is 0. The number of aryl methyl sites for hydroxylation is 1. The third-order valence-corrected chi connectivity index (χ3v) is 3.38. The summed E-state index contributed by atoms with van der Waals surface area (Å²) in [6.07, 6.45) is 4.21. The van der Waals surface area contributed by atoms with Crippen LogP contribution in [-0.2, 0) is 4.74 Å². The summed E-state index contributed by atoms with van der Waals surface area (Å²) in [5.74, 6) is 1.71. The molecule has 0 atom stereocenters. The van der Waals surface area contributed by atoms with Gasteiger partial charge in [0.25, 0.3) is 0 Å². The SMILES string of the molecule is Cc1ccc2oc(C3=CCCC(C)(C)O3)cc2c1. The second-order valence-corrected chi connectivity index (χ2v) is 5.62. The van der Waals surface area contributed by atoms with Gasteiger partial charge in [0.2, 0.25) is 0 Å². The summed E-state index contributed by atoms with van der Waals surface area (Å²) < 4.78 is 11.8. The molecule has 1 aliphatic rings. The van der Waals surface area contributed by atoms with Gasteiger partial charge in [-0.3, -0.25) is 0 Å². The van der Waals surface area contributed by atoms with E-state index >= 15 is 0 Å². The van der Waals surface area contributed by atoms with Crippen LogP contribution in [0, 0.1) is 6.92 Å². The van der Waals surface area contributed by atoms with Crippen molar-refractivity contribution in [1.82, 2.24) is 0 Å². The highest BCUT2D eigenvalue weighted by atomic mass is 16.5. The summed E-state index contributed by atoms with van der Waals surface area (Å²) in [5, 5.41) is 1.14. The van der Waals surface area contributed by atoms with Gasteiger partial charge < -0.3 is 9.15 Å². The molecule has 0 fully saturated rings. The second-order valence-electron chi connectivity index (χ2n) is 5.62. The molecule has 0 bridgehead atoms. The lowest BCUT2D eigenvalue weighted by atomic mass is 9.99. The van der Waals surface area contributed by atoms with Gasteiger partial charge in [0.1, 0.15) is 11.2 Å². The molecule has 2 nitrogen and oxygen atoms in total. The molecule has 94 valence electrons. The maximum absolute atomic E-state index is 5.99. The fourth-order valence-corrected chi connectivity index (χ4v) is 2.38. The molecule has 0 amide bonds. The van der Waals surface area contributed by atoms with Gasteiger partial charge in [-0.15, -0.1) is 0 Å². The maximum Gasteiger partial charge on any atom is 0.169 e. The summed E-state index contributed by atoms with van der Waals surface area (Å²) in [6, 6.07) is 8.28. The number of furan rings is 1. The van der Waals surface area contributed by atoms with E-state index in [0.29, 0.717) is 0 Å². The first-order valence-corrected chi connectivity index (χ1v) is 6.43. The van der Waals surface area contributed by atoms with Crippen molar-refractivity contribution < 1.29 is 9.15 Å². The van der Waals surface area contributed by atoms with E-state index in [1.54, 1.807) is 0 Å². The fourth-order valence-electron chi connectivity index (χ4n) is 2.38. The number of ether oxygens (including phenoxy) is 1. The van der Waals surface area contributed by atoms with Crippen molar-refractivity contribution in [1.29, 1.82) is 0 Å². The van der Waals surface area contributed by atoms with Crippen molar-refractivity contribution in [2.75, 3.05) is 0 Å². The van der Waals surface area contributed by atoms with E-state index in [2.05, 4.69) is 45.0 Å². The number of allylic oxidation sites excluding steroid dienone is 1. The smallest absolute Gasteiger partial charge is 0.169 e. The van der Waals surface area contributed by atoms with Crippen LogP contribution in [0.15, 0.2) is 34.8 Å². The molecule has 0 saturated heterocycles. The van der Waals surface area contributed by atoms with Gasteiger partial charge in [0.15, 0.2) is 11.5 Å². The van der Waals surface area contributed by atoms with Gasteiger partial charge in [0, 0.05) is 5.39 Å². The zero-order chi connectivity index (χ0) is 12.8. The molecule has 1 aliphatic heterocycles. The van der Waals surface area contributed by atoms with Gasteiger partial charge in [0.05, 0.1) is 0 Å². The van der Waals surface area contributed by atoms with Crippen LogP contribution in [0.1, 0.15) is 38.0 Å². The third-order valence-electron chi connectivity index (χ3n) is 3.38. The Bertz CT molecular complexity index is 617. The quantitative estimate of drug-likeness (QED) is 0.725. The second kappa shape index (κ2) is 3.91. The predicted molar refractivity (Wildman–Crippen MR) is 73.3 cm³/mol. The number of fused-ring (bicyclic) bond motifs is 1. The number of hydrogen-bond acceptors (Lipinski definition) is 2. The Kier molecular flexibility index (Phi) is 2.47. The largest absolute Gasteiger partial charge is 0.484 e. The Morgan fingerprint density at radius 2 is 2.00 bits per heavy atom. The first-order valence-electron chi connectivity index (χ1n) is 6.43. The van der Waals surface area contributed by atoms with Crippen LogP contribution >= 0.6 is 0 Å². The van der Waals surface area contributed by atoms with Crippen molar-refractivity contribution in [3.8, 4) is 0 Å². The summed E-state index contributed by atoms with van der Waals surface area (Å²) in [4.78, 5) is 0. The lowest BCUT2D eigenvalue weighted by Gasteiger charge is -2.30. The molecule has 1 aromatic heterocycles. The molecule has 18 heavy (non-hydrogen) atoms. The van der Waals surface area contributed by atoms with Crippen LogP contribution in [0.5, 0.6) is 0 Å². The van der Waals surface area contributed by atoms with Gasteiger partial charge in [-0.05, 0) is 57.9 Å². The van der Waals surface area contributed by atoms with E-state index in [1.165, 1.54) is 5.56 Å². The molecular formula is C16H18O2. The van der Waals surface area contributed by atoms with E-state index in [9.17, 15) is 0 Å². The molecular weight excluding hydrogens is 224 g/mol. The van der Waals surface area contributed by atoms with E-state index in [-0.39, 0.29) is 5.60 Å². The van der Waals surface area contributed by atoms with Gasteiger partial charge in [-0.2, -0.15) is 0 Å². The summed E-state index contributed by atoms with van der Waals surface area (Å²) in [5.41, 5.74) is 2.07. The van der Waals surface area contributed by atoms with Crippen molar-refractivity contribution in [2.24, 2.45) is 0 Å². The summed E-state index contributed by atoms with van der Waals surface area (Å²) in [6.45, 7) is 6.32. The highest BCUT2D eigenvalue weighted by Crippen LogP contribution is 2.34. The Morgan fingerprint density at radius 3 is 2.78 bits per heavy atom. The molecule has 2 aromatic rings. The van der Waals surface area contributed by atoms with Crippen LogP contribution in [0.2, 0.25) is 0 Å². The average molecular weight is 242 g/mol. The van der Waals surface area contributed by atoms with Crippen molar-refractivity contribution in [2.45, 2.75) is 39.2 Å². The van der Waals surface area contributed by atoms with Gasteiger partial charge >= 0.3 is 0 Å². The summed E-state index contributed by atoms with van der Waals surface area (Å²) in [7, 11) is 0. The van der Waals surface area contributed by atoms with Crippen LogP contribution in [0.4, 0.5) is 0 Å². The van der Waals surface area contributed by atoms with Crippen LogP contribution < -0.4 is 0 Å². The zero-order valence-electron chi connectivity index (χ0n) is 11.1. The Balaban J connectivity index is 2.02. The Labute approximate surface area is 107 Å². The highest BCUT2D eigenvalue weighted by Gasteiger charge is 2.26. The zero-order valence-corrected chi connectivity index (χ0v) is 11.1. The van der Waals surface area contributed by atoms with Crippen molar-refractivity contribution in [3.05, 3.63) is 41.7 Å². The van der Waals surface area contributed by atoms with E-state index in [4.69, 9.17) is 9.15 Å². The van der Waals surface area contributed by atoms with E-state index in [1.807, 2.05) is 6.07 Å². The fraction of sp³-hybridized carbons (Fsp3) is 0.375. The Hall–Kier alpha value is -1.70. The molecule has 0 N–H and O–H groups in total. The van der Waals surface area contributed by atoms with Gasteiger partial charge in [-0.25, -0.2) is 0 Å². The normalized spacial score (nSPS) is 18.5. The molecule has 0 spiro atoms. The standard InChI is InChI=1S/C16H18O2/c1-11-6-7-13-12(9-11)10-15(17-13)14-5-4-8-16(2,3)18-14/h5-7,9-10H,4,8H2,1-3H3. The van der Waals surface area contributed by atoms with Crippen molar-refractivity contribution in [3.63, 3.8) is 0 Å². The minimum atomic E-state index is -0.0982. The van der Waals surface area contributed by atoms with E-state index in [0.717, 1.165) is 35.3 Å². The number of benzene rings is 1. The minimum absolute atomic E-state index is 0.0982. The molecule has 2 heterocycles. The molecule has 2 heteroatoms. The predicted octanol–water partition coefficient (Wildman–Crippen LogP) is 4.67. The lowest BCUT2D eigenvalue weighted by Crippen LogP contribution is -2.25. The van der Waals surface area contributed by atoms with Gasteiger partial charge in [-0.1, -0.05) is 11.6 Å². The van der Waals surface area contributed by atoms with Crippen LogP contribution in [0.25, 0.3) is 16.7 Å². The van der Waals surface area contributed by atoms with E-state index < -0.39 is 0 Å². The van der Waals surface area contributed by atoms with Crippen molar-refractivity contribution >= 4 is 16.7 Å². The van der Waals surface area contributed by atoms with Crippen LogP contribution in [0.3, 0.4) is 0 Å². The molecule has 1 aromatic carbocycles. The molecule has 0 aliphatic carbocycles. The number of hydrogen-bond donors (Lipinski definition) is 0. The maximum atomic E-state index is 5.99. The number of rotatable bonds is 1. The minimum Gasteiger partial charge on any atom is -0.484 e. The molecule has 3 rings (SSSR count). The Morgan fingerprint density at radius 1 is 1.17 bits per heavy atom. The topological polar surface area (TPSA) is 22.4 Å².